The first-order valence-electron chi connectivity index (χ1n) is 10.4. The first-order chi connectivity index (χ1) is 15.0. The van der Waals surface area contributed by atoms with Gasteiger partial charge in [0, 0.05) is 36.7 Å². The van der Waals surface area contributed by atoms with Gasteiger partial charge < -0.3 is 24.4 Å². The van der Waals surface area contributed by atoms with E-state index in [4.69, 9.17) is 14.2 Å². The minimum absolute atomic E-state index is 0.0539. The highest BCUT2D eigenvalue weighted by Gasteiger charge is 2.41. The molecule has 1 aliphatic heterocycles. The number of carbonyl (C=O) groups is 2. The summed E-state index contributed by atoms with van der Waals surface area (Å²) in [5, 5.41) is 2.99. The molecule has 0 spiro atoms. The Hall–Kier alpha value is -3.22. The molecular formula is C24H30N2O5. The molecule has 31 heavy (non-hydrogen) atoms. The number of methoxy groups -OCH3 is 3. The van der Waals surface area contributed by atoms with Gasteiger partial charge in [-0.2, -0.15) is 0 Å². The maximum atomic E-state index is 13.2. The number of nitrogens with zero attached hydrogens (tertiary/aromatic N) is 1. The van der Waals surface area contributed by atoms with Crippen LogP contribution in [0.3, 0.4) is 0 Å². The van der Waals surface area contributed by atoms with E-state index in [-0.39, 0.29) is 23.7 Å². The summed E-state index contributed by atoms with van der Waals surface area (Å²) in [5.74, 6) is 1.30. The molecule has 1 N–H and O–H groups in total. The summed E-state index contributed by atoms with van der Waals surface area (Å²) in [7, 11) is 4.79. The van der Waals surface area contributed by atoms with Gasteiger partial charge in [0.25, 0.3) is 5.91 Å². The molecule has 0 saturated carbocycles. The summed E-state index contributed by atoms with van der Waals surface area (Å²) < 4.78 is 16.1. The predicted octanol–water partition coefficient (Wildman–Crippen LogP) is 3.09. The minimum atomic E-state index is -0.380. The lowest BCUT2D eigenvalue weighted by molar-refractivity contribution is -0.124. The second kappa shape index (κ2) is 10.2. The summed E-state index contributed by atoms with van der Waals surface area (Å²) in [5.41, 5.74) is 1.43. The lowest BCUT2D eigenvalue weighted by Crippen LogP contribution is -2.36. The van der Waals surface area contributed by atoms with Crippen LogP contribution >= 0.6 is 0 Å². The van der Waals surface area contributed by atoms with Crippen LogP contribution in [0.25, 0.3) is 0 Å². The smallest absolute Gasteiger partial charge is 0.253 e. The Morgan fingerprint density at radius 1 is 0.968 bits per heavy atom. The third kappa shape index (κ3) is 4.93. The third-order valence-corrected chi connectivity index (χ3v) is 5.67. The maximum absolute atomic E-state index is 13.2. The number of likely N-dealkylation sites (tertiary alicyclic amines) is 1. The quantitative estimate of drug-likeness (QED) is 0.702. The van der Waals surface area contributed by atoms with Crippen LogP contribution in [0.1, 0.15) is 35.2 Å². The predicted molar refractivity (Wildman–Crippen MR) is 118 cm³/mol. The molecule has 166 valence electrons. The van der Waals surface area contributed by atoms with Gasteiger partial charge in [-0.1, -0.05) is 6.92 Å². The molecule has 0 bridgehead atoms. The average molecular weight is 427 g/mol. The van der Waals surface area contributed by atoms with Gasteiger partial charge in [0.05, 0.1) is 27.2 Å². The molecule has 0 aliphatic carbocycles. The summed E-state index contributed by atoms with van der Waals surface area (Å²) in [4.78, 5) is 27.9. The zero-order chi connectivity index (χ0) is 22.4. The van der Waals surface area contributed by atoms with Crippen molar-refractivity contribution in [3.63, 3.8) is 0 Å². The highest BCUT2D eigenvalue weighted by atomic mass is 16.5. The van der Waals surface area contributed by atoms with Gasteiger partial charge in [-0.05, 0) is 48.9 Å². The normalized spacial score (nSPS) is 17.9. The van der Waals surface area contributed by atoms with Crippen molar-refractivity contribution in [2.75, 3.05) is 41.0 Å². The van der Waals surface area contributed by atoms with Crippen LogP contribution in [0.2, 0.25) is 0 Å². The molecule has 1 aliphatic rings. The van der Waals surface area contributed by atoms with Gasteiger partial charge in [-0.25, -0.2) is 0 Å². The van der Waals surface area contributed by atoms with E-state index in [9.17, 15) is 9.59 Å². The SMILES string of the molecule is CCCNC(=O)C1CN(C(=O)c2ccc(OC)cc2)CC1c1cc(OC)ccc1OC. The van der Waals surface area contributed by atoms with Crippen molar-refractivity contribution in [2.24, 2.45) is 5.92 Å². The molecule has 2 aromatic rings. The van der Waals surface area contributed by atoms with Gasteiger partial charge in [0.2, 0.25) is 5.91 Å². The minimum Gasteiger partial charge on any atom is -0.497 e. The number of nitrogens with one attached hydrogen (secondary N) is 1. The van der Waals surface area contributed by atoms with Crippen molar-refractivity contribution in [1.82, 2.24) is 10.2 Å². The van der Waals surface area contributed by atoms with E-state index in [0.29, 0.717) is 42.4 Å². The molecule has 7 heteroatoms. The largest absolute Gasteiger partial charge is 0.497 e. The Bertz CT molecular complexity index is 913. The van der Waals surface area contributed by atoms with E-state index in [1.165, 1.54) is 0 Å². The summed E-state index contributed by atoms with van der Waals surface area (Å²) >= 11 is 0. The highest BCUT2D eigenvalue weighted by Crippen LogP contribution is 2.40. The Morgan fingerprint density at radius 3 is 2.26 bits per heavy atom. The molecule has 1 heterocycles. The third-order valence-electron chi connectivity index (χ3n) is 5.67. The zero-order valence-corrected chi connectivity index (χ0v) is 18.5. The lowest BCUT2D eigenvalue weighted by Gasteiger charge is -2.21. The van der Waals surface area contributed by atoms with Crippen LogP contribution in [-0.4, -0.2) is 57.7 Å². The molecular weight excluding hydrogens is 396 g/mol. The van der Waals surface area contributed by atoms with Crippen molar-refractivity contribution >= 4 is 11.8 Å². The van der Waals surface area contributed by atoms with Crippen LogP contribution in [0.15, 0.2) is 42.5 Å². The Morgan fingerprint density at radius 2 is 1.65 bits per heavy atom. The number of carbonyl (C=O) groups excluding carboxylic acids is 2. The second-order valence-electron chi connectivity index (χ2n) is 7.55. The van der Waals surface area contributed by atoms with E-state index >= 15 is 0 Å². The molecule has 1 fully saturated rings. The van der Waals surface area contributed by atoms with Gasteiger partial charge in [-0.3, -0.25) is 9.59 Å². The van der Waals surface area contributed by atoms with Crippen molar-refractivity contribution in [2.45, 2.75) is 19.3 Å². The van der Waals surface area contributed by atoms with E-state index in [2.05, 4.69) is 5.32 Å². The van der Waals surface area contributed by atoms with Crippen molar-refractivity contribution < 1.29 is 23.8 Å². The van der Waals surface area contributed by atoms with Gasteiger partial charge in [0.1, 0.15) is 17.2 Å². The molecule has 2 amide bonds. The Balaban J connectivity index is 1.92. The number of rotatable bonds is 8. The van der Waals surface area contributed by atoms with Gasteiger partial charge in [0.15, 0.2) is 0 Å². The molecule has 2 atom stereocenters. The summed E-state index contributed by atoms with van der Waals surface area (Å²) in [6, 6.07) is 12.6. The van der Waals surface area contributed by atoms with E-state index in [0.717, 1.165) is 12.0 Å². The van der Waals surface area contributed by atoms with Crippen LogP contribution < -0.4 is 19.5 Å². The van der Waals surface area contributed by atoms with E-state index < -0.39 is 0 Å². The van der Waals surface area contributed by atoms with E-state index in [1.54, 1.807) is 50.5 Å². The van der Waals surface area contributed by atoms with Crippen LogP contribution in [-0.2, 0) is 4.79 Å². The average Bonchev–Trinajstić information content (AvgIpc) is 3.27. The number of ether oxygens (including phenoxy) is 3. The number of hydrogen-bond donors (Lipinski definition) is 1. The first kappa shape index (κ1) is 22.5. The molecule has 0 radical (unpaired) electrons. The van der Waals surface area contributed by atoms with Crippen molar-refractivity contribution in [1.29, 1.82) is 0 Å². The molecule has 7 nitrogen and oxygen atoms in total. The maximum Gasteiger partial charge on any atom is 0.253 e. The summed E-state index contributed by atoms with van der Waals surface area (Å²) in [6.07, 6.45) is 0.847. The fourth-order valence-electron chi connectivity index (χ4n) is 3.98. The Labute approximate surface area is 183 Å². The van der Waals surface area contributed by atoms with Crippen molar-refractivity contribution in [3.05, 3.63) is 53.6 Å². The molecule has 3 rings (SSSR count). The van der Waals surface area contributed by atoms with Crippen LogP contribution in [0, 0.1) is 5.92 Å². The first-order valence-corrected chi connectivity index (χ1v) is 10.4. The van der Waals surface area contributed by atoms with E-state index in [1.807, 2.05) is 25.1 Å². The number of hydrogen-bond acceptors (Lipinski definition) is 5. The molecule has 1 saturated heterocycles. The monoisotopic (exact) mass is 426 g/mol. The van der Waals surface area contributed by atoms with Crippen LogP contribution in [0.4, 0.5) is 0 Å². The molecule has 2 aromatic carbocycles. The van der Waals surface area contributed by atoms with Crippen LogP contribution in [0.5, 0.6) is 17.2 Å². The topological polar surface area (TPSA) is 77.1 Å². The fraction of sp³-hybridized carbons (Fsp3) is 0.417. The highest BCUT2D eigenvalue weighted by molar-refractivity contribution is 5.95. The summed E-state index contributed by atoms with van der Waals surface area (Å²) in [6.45, 7) is 3.37. The Kier molecular flexibility index (Phi) is 7.39. The number of amides is 2. The van der Waals surface area contributed by atoms with Crippen molar-refractivity contribution in [3.8, 4) is 17.2 Å². The fourth-order valence-corrected chi connectivity index (χ4v) is 3.98. The molecule has 0 aromatic heterocycles. The van der Waals surface area contributed by atoms with Gasteiger partial charge >= 0.3 is 0 Å². The molecule has 2 unspecified atom stereocenters. The zero-order valence-electron chi connectivity index (χ0n) is 18.5. The lowest BCUT2D eigenvalue weighted by atomic mass is 9.87. The number of benzene rings is 2. The second-order valence-corrected chi connectivity index (χ2v) is 7.55. The van der Waals surface area contributed by atoms with Gasteiger partial charge in [-0.15, -0.1) is 0 Å². The standard InChI is InChI=1S/C24H30N2O5/c1-5-12-25-23(27)21-15-26(24(28)16-6-8-17(29-2)9-7-16)14-20(21)19-13-18(30-3)10-11-22(19)31-4/h6-11,13,20-21H,5,12,14-15H2,1-4H3,(H,25,27).